The van der Waals surface area contributed by atoms with Gasteiger partial charge in [-0.15, -0.1) is 0 Å². The second-order valence-corrected chi connectivity index (χ2v) is 7.47. The van der Waals surface area contributed by atoms with Crippen LogP contribution in [0.25, 0.3) is 5.57 Å². The van der Waals surface area contributed by atoms with Gasteiger partial charge in [0.25, 0.3) is 11.8 Å². The molecule has 0 N–H and O–H groups in total. The first-order valence-corrected chi connectivity index (χ1v) is 9.86. The van der Waals surface area contributed by atoms with Crippen molar-refractivity contribution in [3.63, 3.8) is 0 Å². The number of imide groups is 1. The third-order valence-corrected chi connectivity index (χ3v) is 5.31. The fourth-order valence-electron chi connectivity index (χ4n) is 3.58. The highest BCUT2D eigenvalue weighted by atomic mass is 16.5. The standard InChI is InChI=1S/C24H28N2O3/c1-17-11-12-20(15-18(17)2)21-22(25(3)16-19-9-6-5-7-10-19)24(28)26(23(21)27)13-8-14-29-4/h5-7,9-12,15H,8,13-14,16H2,1-4H3. The monoisotopic (exact) mass is 392 g/mol. The van der Waals surface area contributed by atoms with Crippen LogP contribution in [-0.2, 0) is 20.9 Å². The average Bonchev–Trinajstić information content (AvgIpc) is 2.95. The van der Waals surface area contributed by atoms with E-state index in [-0.39, 0.29) is 11.8 Å². The molecule has 1 aliphatic rings. The Morgan fingerprint density at radius 1 is 0.966 bits per heavy atom. The number of carbonyl (C=O) groups is 2. The summed E-state index contributed by atoms with van der Waals surface area (Å²) in [6, 6.07) is 15.9. The van der Waals surface area contributed by atoms with Crippen molar-refractivity contribution in [2.45, 2.75) is 26.8 Å². The molecule has 5 heteroatoms. The van der Waals surface area contributed by atoms with Crippen LogP contribution in [0.5, 0.6) is 0 Å². The van der Waals surface area contributed by atoms with Crippen LogP contribution in [0.4, 0.5) is 0 Å². The van der Waals surface area contributed by atoms with Crippen LogP contribution in [-0.4, -0.2) is 48.9 Å². The molecule has 0 unspecified atom stereocenters. The maximum atomic E-state index is 13.3. The highest BCUT2D eigenvalue weighted by molar-refractivity contribution is 6.35. The minimum atomic E-state index is -0.238. The molecule has 0 bridgehead atoms. The number of methoxy groups -OCH3 is 1. The number of nitrogens with zero attached hydrogens (tertiary/aromatic N) is 2. The van der Waals surface area contributed by atoms with Gasteiger partial charge in [0.2, 0.25) is 0 Å². The van der Waals surface area contributed by atoms with Crippen molar-refractivity contribution < 1.29 is 14.3 Å². The molecule has 2 aromatic rings. The minimum absolute atomic E-state index is 0.232. The van der Waals surface area contributed by atoms with Crippen LogP contribution in [0.15, 0.2) is 54.2 Å². The third kappa shape index (κ3) is 4.40. The summed E-state index contributed by atoms with van der Waals surface area (Å²) in [4.78, 5) is 29.7. The number of aryl methyl sites for hydroxylation is 2. The van der Waals surface area contributed by atoms with Gasteiger partial charge >= 0.3 is 0 Å². The number of benzene rings is 2. The number of likely N-dealkylation sites (N-methyl/N-ethyl adjacent to an activating group) is 1. The van der Waals surface area contributed by atoms with E-state index in [0.29, 0.717) is 37.4 Å². The van der Waals surface area contributed by atoms with E-state index in [1.54, 1.807) is 7.11 Å². The quantitative estimate of drug-likeness (QED) is 0.509. The number of hydrogen-bond acceptors (Lipinski definition) is 4. The van der Waals surface area contributed by atoms with E-state index >= 15 is 0 Å². The maximum Gasteiger partial charge on any atom is 0.277 e. The zero-order valence-electron chi connectivity index (χ0n) is 17.6. The summed E-state index contributed by atoms with van der Waals surface area (Å²) in [6.07, 6.45) is 0.615. The van der Waals surface area contributed by atoms with Crippen molar-refractivity contribution in [2.75, 3.05) is 27.3 Å². The lowest BCUT2D eigenvalue weighted by atomic mass is 9.99. The maximum absolute atomic E-state index is 13.3. The fraction of sp³-hybridized carbons (Fsp3) is 0.333. The second-order valence-electron chi connectivity index (χ2n) is 7.47. The predicted molar refractivity (Wildman–Crippen MR) is 114 cm³/mol. The van der Waals surface area contributed by atoms with E-state index in [1.807, 2.05) is 74.3 Å². The molecule has 0 fully saturated rings. The molecule has 0 radical (unpaired) electrons. The van der Waals surface area contributed by atoms with E-state index < -0.39 is 0 Å². The Hall–Kier alpha value is -2.92. The Balaban J connectivity index is 2.00. The van der Waals surface area contributed by atoms with E-state index in [2.05, 4.69) is 0 Å². The first-order valence-electron chi connectivity index (χ1n) is 9.86. The number of ether oxygens (including phenoxy) is 1. The Labute approximate surface area is 172 Å². The van der Waals surface area contributed by atoms with Crippen molar-refractivity contribution in [1.29, 1.82) is 0 Å². The molecule has 3 rings (SSSR count). The summed E-state index contributed by atoms with van der Waals surface area (Å²) < 4.78 is 5.09. The Kier molecular flexibility index (Phi) is 6.49. The van der Waals surface area contributed by atoms with Gasteiger partial charge in [-0.3, -0.25) is 14.5 Å². The summed E-state index contributed by atoms with van der Waals surface area (Å²) in [5.41, 5.74) is 5.06. The average molecular weight is 392 g/mol. The van der Waals surface area contributed by atoms with E-state index in [1.165, 1.54) is 4.90 Å². The summed E-state index contributed by atoms with van der Waals surface area (Å²) >= 11 is 0. The zero-order chi connectivity index (χ0) is 21.0. The highest BCUT2D eigenvalue weighted by Gasteiger charge is 2.40. The van der Waals surface area contributed by atoms with Gasteiger partial charge in [-0.1, -0.05) is 48.5 Å². The predicted octanol–water partition coefficient (Wildman–Crippen LogP) is 3.55. The molecular weight excluding hydrogens is 364 g/mol. The van der Waals surface area contributed by atoms with Gasteiger partial charge in [0, 0.05) is 33.9 Å². The van der Waals surface area contributed by atoms with Crippen LogP contribution >= 0.6 is 0 Å². The largest absolute Gasteiger partial charge is 0.385 e. The van der Waals surface area contributed by atoms with Gasteiger partial charge in [-0.05, 0) is 42.5 Å². The molecule has 0 saturated heterocycles. The van der Waals surface area contributed by atoms with Gasteiger partial charge in [-0.2, -0.15) is 0 Å². The van der Waals surface area contributed by atoms with E-state index in [0.717, 1.165) is 22.3 Å². The fourth-order valence-corrected chi connectivity index (χ4v) is 3.58. The van der Waals surface area contributed by atoms with Crippen molar-refractivity contribution in [2.24, 2.45) is 0 Å². The SMILES string of the molecule is COCCCN1C(=O)C(c2ccc(C)c(C)c2)=C(N(C)Cc2ccccc2)C1=O. The molecule has 0 aromatic heterocycles. The molecule has 5 nitrogen and oxygen atoms in total. The second kappa shape index (κ2) is 9.05. The Bertz CT molecular complexity index is 934. The van der Waals surface area contributed by atoms with E-state index in [9.17, 15) is 9.59 Å². The van der Waals surface area contributed by atoms with Crippen LogP contribution in [0.3, 0.4) is 0 Å². The smallest absolute Gasteiger partial charge is 0.277 e. The van der Waals surface area contributed by atoms with Crippen LogP contribution < -0.4 is 0 Å². The van der Waals surface area contributed by atoms with Crippen molar-refractivity contribution in [1.82, 2.24) is 9.80 Å². The normalized spacial score (nSPS) is 14.1. The summed E-state index contributed by atoms with van der Waals surface area (Å²) in [5, 5.41) is 0. The van der Waals surface area contributed by atoms with Gasteiger partial charge in [0.15, 0.2) is 0 Å². The molecule has 152 valence electrons. The number of carbonyl (C=O) groups excluding carboxylic acids is 2. The first-order chi connectivity index (χ1) is 13.9. The van der Waals surface area contributed by atoms with Crippen molar-refractivity contribution >= 4 is 17.4 Å². The topological polar surface area (TPSA) is 49.9 Å². The van der Waals surface area contributed by atoms with Gasteiger partial charge < -0.3 is 9.64 Å². The molecule has 0 aliphatic carbocycles. The van der Waals surface area contributed by atoms with Gasteiger partial charge in [0.05, 0.1) is 5.57 Å². The Morgan fingerprint density at radius 3 is 2.34 bits per heavy atom. The van der Waals surface area contributed by atoms with Gasteiger partial charge in [0.1, 0.15) is 5.70 Å². The zero-order valence-corrected chi connectivity index (χ0v) is 17.6. The molecule has 29 heavy (non-hydrogen) atoms. The number of amides is 2. The molecular formula is C24H28N2O3. The van der Waals surface area contributed by atoms with Crippen LogP contribution in [0.2, 0.25) is 0 Å². The molecule has 1 heterocycles. The van der Waals surface area contributed by atoms with Crippen molar-refractivity contribution in [3.05, 3.63) is 76.5 Å². The number of rotatable bonds is 8. The lowest BCUT2D eigenvalue weighted by Crippen LogP contribution is -2.35. The molecule has 0 spiro atoms. The molecule has 2 amide bonds. The molecule has 0 atom stereocenters. The van der Waals surface area contributed by atoms with Gasteiger partial charge in [-0.25, -0.2) is 0 Å². The third-order valence-electron chi connectivity index (χ3n) is 5.31. The summed E-state index contributed by atoms with van der Waals surface area (Å²) in [5.74, 6) is -0.470. The summed E-state index contributed by atoms with van der Waals surface area (Å²) in [7, 11) is 3.48. The lowest BCUT2D eigenvalue weighted by molar-refractivity contribution is -0.137. The minimum Gasteiger partial charge on any atom is -0.385 e. The molecule has 0 saturated carbocycles. The van der Waals surface area contributed by atoms with Crippen LogP contribution in [0.1, 0.15) is 28.7 Å². The van der Waals surface area contributed by atoms with Crippen LogP contribution in [0, 0.1) is 13.8 Å². The lowest BCUT2D eigenvalue weighted by Gasteiger charge is -2.21. The Morgan fingerprint density at radius 2 is 1.69 bits per heavy atom. The van der Waals surface area contributed by atoms with E-state index in [4.69, 9.17) is 4.74 Å². The first kappa shape index (κ1) is 20.8. The molecule has 2 aromatic carbocycles. The molecule has 1 aliphatic heterocycles. The number of hydrogen-bond donors (Lipinski definition) is 0. The highest BCUT2D eigenvalue weighted by Crippen LogP contribution is 2.32. The summed E-state index contributed by atoms with van der Waals surface area (Å²) in [6.45, 7) is 5.46. The van der Waals surface area contributed by atoms with Crippen molar-refractivity contribution in [3.8, 4) is 0 Å².